The maximum atomic E-state index is 5.35. The number of halogens is 2. The van der Waals surface area contributed by atoms with Crippen LogP contribution >= 0.6 is 39.9 Å². The fourth-order valence-electron chi connectivity index (χ4n) is 2.27. The number of nitrogens with zero attached hydrogens (tertiary/aromatic N) is 1. The second-order valence-corrected chi connectivity index (χ2v) is 6.22. The number of ether oxygens (including phenoxy) is 1. The van der Waals surface area contributed by atoms with Crippen LogP contribution in [0.3, 0.4) is 0 Å². The smallest absolute Gasteiger partial charge is 0.191 e. The van der Waals surface area contributed by atoms with Crippen molar-refractivity contribution in [1.29, 1.82) is 0 Å². The number of benzene rings is 1. The van der Waals surface area contributed by atoms with Gasteiger partial charge in [-0.25, -0.2) is 0 Å². The highest BCUT2D eigenvalue weighted by atomic mass is 127. The summed E-state index contributed by atoms with van der Waals surface area (Å²) >= 11 is 3.60. The van der Waals surface area contributed by atoms with Crippen LogP contribution in [0, 0.1) is 0 Å². The fraction of sp³-hybridized carbons (Fsp3) is 0.389. The van der Waals surface area contributed by atoms with E-state index in [1.807, 2.05) is 30.3 Å². The number of aliphatic imine (C=N–C) groups is 1. The van der Waals surface area contributed by atoms with E-state index in [0.29, 0.717) is 13.2 Å². The predicted molar refractivity (Wildman–Crippen MR) is 116 cm³/mol. The molecule has 0 aliphatic carbocycles. The van der Waals surface area contributed by atoms with E-state index in [1.54, 1.807) is 13.4 Å². The first-order valence-electron chi connectivity index (χ1n) is 8.01. The fourth-order valence-corrected chi connectivity index (χ4v) is 2.90. The Kier molecular flexibility index (Phi) is 10.8. The van der Waals surface area contributed by atoms with Crippen molar-refractivity contribution < 1.29 is 9.15 Å². The Labute approximate surface area is 174 Å². The van der Waals surface area contributed by atoms with Gasteiger partial charge in [-0.2, -0.15) is 0 Å². The van der Waals surface area contributed by atoms with Gasteiger partial charge in [0.1, 0.15) is 5.76 Å². The Balaban J connectivity index is 0.00000312. The molecule has 0 aliphatic heterocycles. The molecule has 2 N–H and O–H groups in total. The van der Waals surface area contributed by atoms with Gasteiger partial charge in [-0.05, 0) is 30.7 Å². The van der Waals surface area contributed by atoms with E-state index in [2.05, 4.69) is 44.5 Å². The van der Waals surface area contributed by atoms with Crippen LogP contribution in [0.5, 0.6) is 0 Å². The molecule has 1 heterocycles. The molecule has 1 atom stereocenters. The topological polar surface area (TPSA) is 58.8 Å². The third-order valence-electron chi connectivity index (χ3n) is 3.53. The lowest BCUT2D eigenvalue weighted by Gasteiger charge is -2.19. The first kappa shape index (κ1) is 22.0. The van der Waals surface area contributed by atoms with Gasteiger partial charge < -0.3 is 19.8 Å². The van der Waals surface area contributed by atoms with Crippen LogP contribution in [-0.2, 0) is 11.2 Å². The summed E-state index contributed by atoms with van der Waals surface area (Å²) < 4.78 is 11.5. The molecule has 0 spiro atoms. The summed E-state index contributed by atoms with van der Waals surface area (Å²) in [5.41, 5.74) is 1.18. The largest absolute Gasteiger partial charge is 0.469 e. The molecule has 0 radical (unpaired) electrons. The van der Waals surface area contributed by atoms with Crippen LogP contribution in [0.2, 0.25) is 0 Å². The monoisotopic (exact) mass is 521 g/mol. The molecule has 1 aromatic heterocycles. The van der Waals surface area contributed by atoms with E-state index < -0.39 is 0 Å². The van der Waals surface area contributed by atoms with Crippen molar-refractivity contribution in [2.24, 2.45) is 4.99 Å². The highest BCUT2D eigenvalue weighted by Crippen LogP contribution is 2.22. The second-order valence-electron chi connectivity index (χ2n) is 5.37. The SMILES string of the molecule is COCCN=C(NCCc1ccco1)NC(C)c1ccccc1Br.I. The van der Waals surface area contributed by atoms with E-state index in [9.17, 15) is 0 Å². The van der Waals surface area contributed by atoms with E-state index >= 15 is 0 Å². The molecule has 1 aromatic carbocycles. The summed E-state index contributed by atoms with van der Waals surface area (Å²) in [5, 5.41) is 6.78. The second kappa shape index (κ2) is 12.3. The van der Waals surface area contributed by atoms with Gasteiger partial charge in [0.2, 0.25) is 0 Å². The van der Waals surface area contributed by atoms with Gasteiger partial charge >= 0.3 is 0 Å². The summed E-state index contributed by atoms with van der Waals surface area (Å²) in [6.07, 6.45) is 2.50. The standard InChI is InChI=1S/C18H24BrN3O2.HI/c1-14(16-7-3-4-8-17(16)19)22-18(21-11-13-23-2)20-10-9-15-6-5-12-24-15;/h3-8,12,14H,9-11,13H2,1-2H3,(H2,20,21,22);1H. The minimum atomic E-state index is 0. The maximum absolute atomic E-state index is 5.35. The molecule has 0 saturated heterocycles. The molecular weight excluding hydrogens is 497 g/mol. The van der Waals surface area contributed by atoms with Gasteiger partial charge in [0, 0.05) is 24.5 Å². The quantitative estimate of drug-likeness (QED) is 0.237. The highest BCUT2D eigenvalue weighted by Gasteiger charge is 2.10. The number of rotatable bonds is 8. The lowest BCUT2D eigenvalue weighted by atomic mass is 10.1. The molecule has 0 saturated carbocycles. The van der Waals surface area contributed by atoms with E-state index in [0.717, 1.165) is 29.2 Å². The van der Waals surface area contributed by atoms with Gasteiger partial charge in [0.25, 0.3) is 0 Å². The van der Waals surface area contributed by atoms with Crippen molar-refractivity contribution in [2.75, 3.05) is 26.8 Å². The van der Waals surface area contributed by atoms with Gasteiger partial charge in [-0.3, -0.25) is 4.99 Å². The van der Waals surface area contributed by atoms with Gasteiger partial charge in [-0.15, -0.1) is 24.0 Å². The van der Waals surface area contributed by atoms with Crippen molar-refractivity contribution in [3.63, 3.8) is 0 Å². The number of furan rings is 1. The van der Waals surface area contributed by atoms with Crippen LogP contribution in [0.25, 0.3) is 0 Å². The molecule has 2 rings (SSSR count). The number of hydrogen-bond donors (Lipinski definition) is 2. The van der Waals surface area contributed by atoms with Crippen molar-refractivity contribution in [3.05, 3.63) is 58.5 Å². The molecule has 138 valence electrons. The molecule has 25 heavy (non-hydrogen) atoms. The molecule has 0 amide bonds. The van der Waals surface area contributed by atoms with Crippen molar-refractivity contribution in [2.45, 2.75) is 19.4 Å². The third kappa shape index (κ3) is 7.79. The number of nitrogens with one attached hydrogen (secondary N) is 2. The Morgan fingerprint density at radius 1 is 1.28 bits per heavy atom. The molecule has 0 bridgehead atoms. The zero-order chi connectivity index (χ0) is 17.2. The Morgan fingerprint density at radius 3 is 2.76 bits per heavy atom. The summed E-state index contributed by atoms with van der Waals surface area (Å²) in [6, 6.07) is 12.2. The van der Waals surface area contributed by atoms with Crippen molar-refractivity contribution in [1.82, 2.24) is 10.6 Å². The van der Waals surface area contributed by atoms with Crippen LogP contribution in [0.15, 0.2) is 56.5 Å². The van der Waals surface area contributed by atoms with Crippen molar-refractivity contribution >= 4 is 45.9 Å². The summed E-state index contributed by atoms with van der Waals surface area (Å²) in [5.74, 6) is 1.72. The predicted octanol–water partition coefficient (Wildman–Crippen LogP) is 4.15. The van der Waals surface area contributed by atoms with Crippen LogP contribution in [-0.4, -0.2) is 32.8 Å². The average Bonchev–Trinajstić information content (AvgIpc) is 3.08. The molecule has 2 aromatic rings. The zero-order valence-electron chi connectivity index (χ0n) is 14.5. The molecule has 1 unspecified atom stereocenters. The van der Waals surface area contributed by atoms with Gasteiger partial charge in [0.15, 0.2) is 5.96 Å². The molecule has 0 aliphatic rings. The van der Waals surface area contributed by atoms with Crippen LogP contribution in [0.1, 0.15) is 24.3 Å². The molecule has 7 heteroatoms. The lowest BCUT2D eigenvalue weighted by molar-refractivity contribution is 0.208. The lowest BCUT2D eigenvalue weighted by Crippen LogP contribution is -2.40. The van der Waals surface area contributed by atoms with E-state index in [4.69, 9.17) is 9.15 Å². The first-order valence-corrected chi connectivity index (χ1v) is 8.80. The minimum absolute atomic E-state index is 0. The van der Waals surface area contributed by atoms with E-state index in [-0.39, 0.29) is 30.0 Å². The Bertz CT molecular complexity index is 635. The van der Waals surface area contributed by atoms with Crippen LogP contribution < -0.4 is 10.6 Å². The summed E-state index contributed by atoms with van der Waals surface area (Å²) in [6.45, 7) is 4.05. The maximum Gasteiger partial charge on any atom is 0.191 e. The zero-order valence-corrected chi connectivity index (χ0v) is 18.4. The minimum Gasteiger partial charge on any atom is -0.469 e. The van der Waals surface area contributed by atoms with Crippen molar-refractivity contribution in [3.8, 4) is 0 Å². The number of methoxy groups -OCH3 is 1. The van der Waals surface area contributed by atoms with Crippen LogP contribution in [0.4, 0.5) is 0 Å². The summed E-state index contributed by atoms with van der Waals surface area (Å²) in [4.78, 5) is 4.55. The normalized spacial score (nSPS) is 12.4. The highest BCUT2D eigenvalue weighted by molar-refractivity contribution is 14.0. The van der Waals surface area contributed by atoms with Gasteiger partial charge in [0.05, 0.1) is 25.5 Å². The number of hydrogen-bond acceptors (Lipinski definition) is 3. The Morgan fingerprint density at radius 2 is 2.08 bits per heavy atom. The first-order chi connectivity index (χ1) is 11.7. The summed E-state index contributed by atoms with van der Waals surface area (Å²) in [7, 11) is 1.68. The molecular formula is C18H25BrIN3O2. The molecule has 0 fully saturated rings. The third-order valence-corrected chi connectivity index (χ3v) is 4.26. The van der Waals surface area contributed by atoms with E-state index in [1.165, 1.54) is 5.56 Å². The molecule has 5 nitrogen and oxygen atoms in total. The Hall–Kier alpha value is -1.06. The average molecular weight is 522 g/mol. The van der Waals surface area contributed by atoms with Gasteiger partial charge in [-0.1, -0.05) is 34.1 Å². The number of guanidine groups is 1.